The summed E-state index contributed by atoms with van der Waals surface area (Å²) >= 11 is 0. The fourth-order valence-corrected chi connectivity index (χ4v) is 2.62. The highest BCUT2D eigenvalue weighted by molar-refractivity contribution is 5.98. The first-order chi connectivity index (χ1) is 9.99. The molecule has 0 aliphatic carbocycles. The number of esters is 1. The van der Waals surface area contributed by atoms with E-state index in [1.807, 2.05) is 6.92 Å². The number of carbonyl (C=O) groups excluding carboxylic acids is 2. The predicted octanol–water partition coefficient (Wildman–Crippen LogP) is 1.28. The Hall–Kier alpha value is -2.24. The fourth-order valence-electron chi connectivity index (χ4n) is 2.62. The van der Waals surface area contributed by atoms with Gasteiger partial charge < -0.3 is 19.5 Å². The maximum absolute atomic E-state index is 12.5. The van der Waals surface area contributed by atoms with Crippen LogP contribution in [0.1, 0.15) is 17.3 Å². The number of phenolic OH excluding ortho intramolecular Hbond substituents is 1. The molecule has 1 heterocycles. The smallest absolute Gasteiger partial charge is 0.310 e. The highest BCUT2D eigenvalue weighted by atomic mass is 16.5. The van der Waals surface area contributed by atoms with E-state index in [2.05, 4.69) is 0 Å². The van der Waals surface area contributed by atoms with E-state index in [1.165, 1.54) is 20.3 Å². The largest absolute Gasteiger partial charge is 0.504 e. The summed E-state index contributed by atoms with van der Waals surface area (Å²) in [6.07, 6.45) is 0. The van der Waals surface area contributed by atoms with Gasteiger partial charge in [-0.15, -0.1) is 0 Å². The molecule has 1 aliphatic heterocycles. The first-order valence-electron chi connectivity index (χ1n) is 6.72. The van der Waals surface area contributed by atoms with Crippen molar-refractivity contribution < 1.29 is 24.2 Å². The van der Waals surface area contributed by atoms with Crippen molar-refractivity contribution in [1.29, 1.82) is 0 Å². The number of phenols is 1. The van der Waals surface area contributed by atoms with Crippen LogP contribution in [-0.2, 0) is 9.53 Å². The highest BCUT2D eigenvalue weighted by Gasteiger charge is 2.38. The number of rotatable bonds is 3. The number of likely N-dealkylation sites (tertiary alicyclic amines) is 1. The molecule has 2 atom stereocenters. The van der Waals surface area contributed by atoms with Gasteiger partial charge in [0.2, 0.25) is 0 Å². The van der Waals surface area contributed by atoms with Crippen LogP contribution in [0.25, 0.3) is 0 Å². The number of methoxy groups -OCH3 is 2. The van der Waals surface area contributed by atoms with Crippen molar-refractivity contribution in [2.45, 2.75) is 6.92 Å². The van der Waals surface area contributed by atoms with Crippen LogP contribution in [0, 0.1) is 11.8 Å². The van der Waals surface area contributed by atoms with E-state index in [0.29, 0.717) is 13.1 Å². The van der Waals surface area contributed by atoms with E-state index in [1.54, 1.807) is 17.0 Å². The molecule has 2 unspecified atom stereocenters. The molecular weight excluding hydrogens is 274 g/mol. The Kier molecular flexibility index (Phi) is 4.35. The quantitative estimate of drug-likeness (QED) is 0.850. The third-order valence-electron chi connectivity index (χ3n) is 3.85. The molecule has 0 aromatic heterocycles. The van der Waals surface area contributed by atoms with Crippen LogP contribution in [0.2, 0.25) is 0 Å². The van der Waals surface area contributed by atoms with E-state index in [9.17, 15) is 14.7 Å². The Morgan fingerprint density at radius 3 is 2.62 bits per heavy atom. The van der Waals surface area contributed by atoms with Gasteiger partial charge in [-0.05, 0) is 18.1 Å². The molecule has 1 aromatic rings. The van der Waals surface area contributed by atoms with Crippen molar-refractivity contribution in [3.05, 3.63) is 23.8 Å². The number of nitrogens with zero attached hydrogens (tertiary/aromatic N) is 1. The minimum atomic E-state index is -0.327. The Labute approximate surface area is 123 Å². The molecule has 0 saturated carbocycles. The van der Waals surface area contributed by atoms with Crippen molar-refractivity contribution in [3.8, 4) is 11.5 Å². The zero-order valence-corrected chi connectivity index (χ0v) is 12.3. The standard InChI is InChI=1S/C15H19NO5/c1-9-7-16(8-11(9)15(19)21-3)14(18)10-5-4-6-12(20-2)13(10)17/h4-6,9,11,17H,7-8H2,1-3H3. The minimum Gasteiger partial charge on any atom is -0.504 e. The summed E-state index contributed by atoms with van der Waals surface area (Å²) in [4.78, 5) is 25.7. The van der Waals surface area contributed by atoms with Crippen molar-refractivity contribution >= 4 is 11.9 Å². The number of hydrogen-bond donors (Lipinski definition) is 1. The van der Waals surface area contributed by atoms with Gasteiger partial charge in [0.1, 0.15) is 0 Å². The molecule has 6 nitrogen and oxygen atoms in total. The van der Waals surface area contributed by atoms with Crippen LogP contribution in [-0.4, -0.2) is 49.2 Å². The topological polar surface area (TPSA) is 76.1 Å². The number of ether oxygens (including phenoxy) is 2. The van der Waals surface area contributed by atoms with Gasteiger partial charge in [-0.1, -0.05) is 13.0 Å². The van der Waals surface area contributed by atoms with Crippen LogP contribution in [0.5, 0.6) is 11.5 Å². The Morgan fingerprint density at radius 1 is 1.29 bits per heavy atom. The summed E-state index contributed by atoms with van der Waals surface area (Å²) in [5.41, 5.74) is 0.173. The van der Waals surface area contributed by atoms with Gasteiger partial charge in [-0.2, -0.15) is 0 Å². The second-order valence-corrected chi connectivity index (χ2v) is 5.17. The first kappa shape index (κ1) is 15.2. The molecule has 1 N–H and O–H groups in total. The van der Waals surface area contributed by atoms with E-state index >= 15 is 0 Å². The molecule has 1 aliphatic rings. The molecule has 1 saturated heterocycles. The van der Waals surface area contributed by atoms with Gasteiger partial charge in [0.15, 0.2) is 11.5 Å². The van der Waals surface area contributed by atoms with Gasteiger partial charge in [-0.25, -0.2) is 0 Å². The molecule has 1 fully saturated rings. The summed E-state index contributed by atoms with van der Waals surface area (Å²) < 4.78 is 9.75. The third kappa shape index (κ3) is 2.79. The lowest BCUT2D eigenvalue weighted by Crippen LogP contribution is -2.30. The van der Waals surface area contributed by atoms with Crippen LogP contribution < -0.4 is 4.74 Å². The molecule has 0 spiro atoms. The number of para-hydroxylation sites is 1. The van der Waals surface area contributed by atoms with Gasteiger partial charge in [-0.3, -0.25) is 9.59 Å². The Balaban J connectivity index is 2.20. The number of aromatic hydroxyl groups is 1. The molecule has 0 radical (unpaired) electrons. The van der Waals surface area contributed by atoms with Gasteiger partial charge >= 0.3 is 5.97 Å². The SMILES string of the molecule is COC(=O)C1CN(C(=O)c2cccc(OC)c2O)CC1C. The summed E-state index contributed by atoms with van der Waals surface area (Å²) in [7, 11) is 2.77. The van der Waals surface area contributed by atoms with Crippen molar-refractivity contribution in [1.82, 2.24) is 4.90 Å². The van der Waals surface area contributed by atoms with E-state index < -0.39 is 0 Å². The molecule has 2 rings (SSSR count). The molecule has 21 heavy (non-hydrogen) atoms. The summed E-state index contributed by atoms with van der Waals surface area (Å²) in [6, 6.07) is 4.76. The van der Waals surface area contributed by atoms with E-state index in [-0.39, 0.29) is 40.8 Å². The molecule has 6 heteroatoms. The van der Waals surface area contributed by atoms with E-state index in [4.69, 9.17) is 9.47 Å². The van der Waals surface area contributed by atoms with Crippen LogP contribution in [0.3, 0.4) is 0 Å². The lowest BCUT2D eigenvalue weighted by molar-refractivity contribution is -0.146. The number of amides is 1. The third-order valence-corrected chi connectivity index (χ3v) is 3.85. The van der Waals surface area contributed by atoms with E-state index in [0.717, 1.165) is 0 Å². The predicted molar refractivity (Wildman–Crippen MR) is 75.2 cm³/mol. The Bertz CT molecular complexity index is 557. The monoisotopic (exact) mass is 293 g/mol. The van der Waals surface area contributed by atoms with Crippen LogP contribution in [0.15, 0.2) is 18.2 Å². The summed E-state index contributed by atoms with van der Waals surface area (Å²) in [5, 5.41) is 10.0. The molecule has 1 amide bonds. The van der Waals surface area contributed by atoms with Crippen LogP contribution in [0.4, 0.5) is 0 Å². The van der Waals surface area contributed by atoms with Gasteiger partial charge in [0.25, 0.3) is 5.91 Å². The zero-order valence-electron chi connectivity index (χ0n) is 12.3. The fraction of sp³-hybridized carbons (Fsp3) is 0.467. The minimum absolute atomic E-state index is 0.0224. The van der Waals surface area contributed by atoms with Crippen molar-refractivity contribution in [3.63, 3.8) is 0 Å². The highest BCUT2D eigenvalue weighted by Crippen LogP contribution is 2.32. The lowest BCUT2D eigenvalue weighted by atomic mass is 9.99. The van der Waals surface area contributed by atoms with Crippen molar-refractivity contribution in [2.75, 3.05) is 27.3 Å². The molecule has 1 aromatic carbocycles. The number of carbonyl (C=O) groups is 2. The zero-order chi connectivity index (χ0) is 15.6. The van der Waals surface area contributed by atoms with Gasteiger partial charge in [0.05, 0.1) is 25.7 Å². The summed E-state index contributed by atoms with van der Waals surface area (Å²) in [6.45, 7) is 2.65. The number of benzene rings is 1. The van der Waals surface area contributed by atoms with Crippen molar-refractivity contribution in [2.24, 2.45) is 11.8 Å². The first-order valence-corrected chi connectivity index (χ1v) is 6.72. The normalized spacial score (nSPS) is 21.2. The average Bonchev–Trinajstić information content (AvgIpc) is 2.88. The molecular formula is C15H19NO5. The average molecular weight is 293 g/mol. The second-order valence-electron chi connectivity index (χ2n) is 5.17. The maximum atomic E-state index is 12.5. The summed E-state index contributed by atoms with van der Waals surface area (Å²) in [5.74, 6) is -0.866. The Morgan fingerprint density at radius 2 is 2.00 bits per heavy atom. The maximum Gasteiger partial charge on any atom is 0.310 e. The molecule has 0 bridgehead atoms. The number of hydrogen-bond acceptors (Lipinski definition) is 5. The second kappa shape index (κ2) is 6.03. The van der Waals surface area contributed by atoms with Gasteiger partial charge in [0, 0.05) is 13.1 Å². The van der Waals surface area contributed by atoms with Crippen LogP contribution >= 0.6 is 0 Å². The molecule has 114 valence electrons. The lowest BCUT2D eigenvalue weighted by Gasteiger charge is -2.17.